The molecule has 0 fully saturated rings. The fourth-order valence-corrected chi connectivity index (χ4v) is 2.65. The molecule has 26 heavy (non-hydrogen) atoms. The van der Waals surface area contributed by atoms with Gasteiger partial charge >= 0.3 is 6.03 Å². The molecule has 6 nitrogen and oxygen atoms in total. The third-order valence-corrected chi connectivity index (χ3v) is 3.91. The topological polar surface area (TPSA) is 86.9 Å². The van der Waals surface area contributed by atoms with Crippen LogP contribution in [0, 0.1) is 6.92 Å². The molecule has 2 aromatic carbocycles. The first kappa shape index (κ1) is 17.4. The van der Waals surface area contributed by atoms with E-state index in [-0.39, 0.29) is 17.6 Å². The number of aryl methyl sites for hydroxylation is 1. The van der Waals surface area contributed by atoms with Gasteiger partial charge in [-0.2, -0.15) is 0 Å². The van der Waals surface area contributed by atoms with Crippen molar-refractivity contribution in [1.29, 1.82) is 0 Å². The van der Waals surface area contributed by atoms with Crippen LogP contribution >= 0.6 is 0 Å². The lowest BCUT2D eigenvalue weighted by Gasteiger charge is -2.15. The molecule has 0 aliphatic heterocycles. The van der Waals surface area contributed by atoms with Crippen LogP contribution in [0.5, 0.6) is 0 Å². The summed E-state index contributed by atoms with van der Waals surface area (Å²) >= 11 is 0. The summed E-state index contributed by atoms with van der Waals surface area (Å²) < 4.78 is 0. The molecular formula is C20H20N4O2. The van der Waals surface area contributed by atoms with Crippen LogP contribution in [0.1, 0.15) is 24.2 Å². The van der Waals surface area contributed by atoms with Gasteiger partial charge in [0.1, 0.15) is 5.82 Å². The summed E-state index contributed by atoms with van der Waals surface area (Å²) in [7, 11) is 0. The Kier molecular flexibility index (Phi) is 5.12. The van der Waals surface area contributed by atoms with Crippen LogP contribution in [-0.4, -0.2) is 16.0 Å². The molecule has 0 spiro atoms. The van der Waals surface area contributed by atoms with E-state index in [1.54, 1.807) is 25.1 Å². The first-order valence-electron chi connectivity index (χ1n) is 8.32. The molecule has 3 aromatic rings. The second-order valence-corrected chi connectivity index (χ2v) is 6.05. The van der Waals surface area contributed by atoms with Gasteiger partial charge in [0.25, 0.3) is 5.56 Å². The normalized spacial score (nSPS) is 11.6. The number of nitrogens with one attached hydrogen (secondary N) is 3. The van der Waals surface area contributed by atoms with Gasteiger partial charge in [-0.25, -0.2) is 9.78 Å². The van der Waals surface area contributed by atoms with Gasteiger partial charge in [-0.3, -0.25) is 4.79 Å². The lowest BCUT2D eigenvalue weighted by molar-refractivity contribution is 0.249. The average molecular weight is 348 g/mol. The van der Waals surface area contributed by atoms with Gasteiger partial charge in [0, 0.05) is 23.0 Å². The summed E-state index contributed by atoms with van der Waals surface area (Å²) in [5.74, 6) is 0.469. The average Bonchev–Trinajstić information content (AvgIpc) is 2.61. The molecular weight excluding hydrogens is 328 g/mol. The van der Waals surface area contributed by atoms with Crippen molar-refractivity contribution in [2.24, 2.45) is 0 Å². The number of carbonyl (C=O) groups excluding carboxylic acids is 1. The number of nitrogens with zero attached hydrogens (tertiary/aromatic N) is 1. The number of H-pyrrole nitrogens is 1. The molecule has 0 radical (unpaired) electrons. The molecule has 3 N–H and O–H groups in total. The lowest BCUT2D eigenvalue weighted by Crippen LogP contribution is -2.31. The molecule has 3 rings (SSSR count). The highest BCUT2D eigenvalue weighted by Crippen LogP contribution is 2.19. The van der Waals surface area contributed by atoms with E-state index in [9.17, 15) is 9.59 Å². The monoisotopic (exact) mass is 348 g/mol. The number of aromatic nitrogens is 2. The Hall–Kier alpha value is -3.41. The van der Waals surface area contributed by atoms with E-state index in [0.717, 1.165) is 11.1 Å². The number of amides is 2. The van der Waals surface area contributed by atoms with E-state index in [0.29, 0.717) is 17.2 Å². The Balaban J connectivity index is 1.72. The summed E-state index contributed by atoms with van der Waals surface area (Å²) in [4.78, 5) is 30.9. The van der Waals surface area contributed by atoms with Crippen LogP contribution in [-0.2, 0) is 0 Å². The maximum absolute atomic E-state index is 12.3. The van der Waals surface area contributed by atoms with E-state index in [4.69, 9.17) is 0 Å². The Bertz CT molecular complexity index is 967. The summed E-state index contributed by atoms with van der Waals surface area (Å²) in [6, 6.07) is 17.9. The van der Waals surface area contributed by atoms with Crippen molar-refractivity contribution in [3.05, 3.63) is 82.3 Å². The SMILES string of the molecule is Cc1cc(=O)[nH]c(-c2cccc(NC(=O)NC(C)c3ccccc3)c2)n1. The molecule has 0 bridgehead atoms. The predicted molar refractivity (Wildman–Crippen MR) is 102 cm³/mol. The predicted octanol–water partition coefficient (Wildman–Crippen LogP) is 3.63. The summed E-state index contributed by atoms with van der Waals surface area (Å²) in [5, 5.41) is 5.71. The van der Waals surface area contributed by atoms with Gasteiger partial charge in [0.05, 0.1) is 6.04 Å². The number of anilines is 1. The summed E-state index contributed by atoms with van der Waals surface area (Å²) in [6.45, 7) is 3.69. The van der Waals surface area contributed by atoms with Crippen LogP contribution in [0.3, 0.4) is 0 Å². The fourth-order valence-electron chi connectivity index (χ4n) is 2.65. The van der Waals surface area contributed by atoms with Crippen molar-refractivity contribution >= 4 is 11.7 Å². The number of carbonyl (C=O) groups is 1. The van der Waals surface area contributed by atoms with Crippen molar-refractivity contribution in [3.63, 3.8) is 0 Å². The van der Waals surface area contributed by atoms with Crippen LogP contribution in [0.2, 0.25) is 0 Å². The van der Waals surface area contributed by atoms with Gasteiger partial charge in [0.15, 0.2) is 0 Å². The van der Waals surface area contributed by atoms with Crippen molar-refractivity contribution in [1.82, 2.24) is 15.3 Å². The van der Waals surface area contributed by atoms with Crippen molar-refractivity contribution in [2.75, 3.05) is 5.32 Å². The van der Waals surface area contributed by atoms with Crippen molar-refractivity contribution in [2.45, 2.75) is 19.9 Å². The van der Waals surface area contributed by atoms with Crippen molar-refractivity contribution < 1.29 is 4.79 Å². The van der Waals surface area contributed by atoms with Crippen LogP contribution in [0.15, 0.2) is 65.5 Å². The molecule has 2 amide bonds. The number of hydrogen-bond donors (Lipinski definition) is 3. The quantitative estimate of drug-likeness (QED) is 0.673. The number of benzene rings is 2. The number of hydrogen-bond acceptors (Lipinski definition) is 3. The van der Waals surface area contributed by atoms with Crippen LogP contribution < -0.4 is 16.2 Å². The van der Waals surface area contributed by atoms with Crippen LogP contribution in [0.25, 0.3) is 11.4 Å². The third kappa shape index (κ3) is 4.36. The maximum atomic E-state index is 12.3. The van der Waals surface area contributed by atoms with E-state index < -0.39 is 0 Å². The minimum absolute atomic E-state index is 0.117. The maximum Gasteiger partial charge on any atom is 0.319 e. The van der Waals surface area contributed by atoms with E-state index >= 15 is 0 Å². The first-order valence-corrected chi connectivity index (χ1v) is 8.32. The van der Waals surface area contributed by atoms with Gasteiger partial charge in [0.2, 0.25) is 0 Å². The van der Waals surface area contributed by atoms with Gasteiger partial charge in [-0.15, -0.1) is 0 Å². The zero-order valence-electron chi connectivity index (χ0n) is 14.6. The van der Waals surface area contributed by atoms with Gasteiger partial charge in [-0.1, -0.05) is 42.5 Å². The highest BCUT2D eigenvalue weighted by molar-refractivity contribution is 5.90. The molecule has 0 saturated carbocycles. The zero-order valence-corrected chi connectivity index (χ0v) is 14.6. The number of urea groups is 1. The third-order valence-electron chi connectivity index (χ3n) is 3.91. The summed E-state index contributed by atoms with van der Waals surface area (Å²) in [6.07, 6.45) is 0. The standard InChI is InChI=1S/C20H20N4O2/c1-13-11-18(25)24-19(21-13)16-9-6-10-17(12-16)23-20(26)22-14(2)15-7-4-3-5-8-15/h3-12,14H,1-2H3,(H,21,24,25)(H2,22,23,26). The Morgan fingerprint density at radius 1 is 1.08 bits per heavy atom. The molecule has 0 saturated heterocycles. The number of rotatable bonds is 4. The van der Waals surface area contributed by atoms with Crippen LogP contribution in [0.4, 0.5) is 10.5 Å². The highest BCUT2D eigenvalue weighted by atomic mass is 16.2. The van der Waals surface area contributed by atoms with Gasteiger partial charge in [-0.05, 0) is 31.5 Å². The minimum atomic E-state index is -0.302. The molecule has 1 aromatic heterocycles. The molecule has 6 heteroatoms. The Morgan fingerprint density at radius 3 is 2.58 bits per heavy atom. The molecule has 1 atom stereocenters. The van der Waals surface area contributed by atoms with Gasteiger partial charge < -0.3 is 15.6 Å². The molecule has 132 valence electrons. The fraction of sp³-hybridized carbons (Fsp3) is 0.150. The highest BCUT2D eigenvalue weighted by Gasteiger charge is 2.10. The number of aromatic amines is 1. The summed E-state index contributed by atoms with van der Waals surface area (Å²) in [5.41, 5.74) is 2.79. The minimum Gasteiger partial charge on any atom is -0.331 e. The first-order chi connectivity index (χ1) is 12.5. The molecule has 0 aliphatic carbocycles. The largest absolute Gasteiger partial charge is 0.331 e. The van der Waals surface area contributed by atoms with E-state index in [2.05, 4.69) is 20.6 Å². The Labute approximate surface area is 151 Å². The van der Waals surface area contributed by atoms with E-state index in [1.807, 2.05) is 43.3 Å². The van der Waals surface area contributed by atoms with Crippen molar-refractivity contribution in [3.8, 4) is 11.4 Å². The smallest absolute Gasteiger partial charge is 0.319 e. The lowest BCUT2D eigenvalue weighted by atomic mass is 10.1. The van der Waals surface area contributed by atoms with E-state index in [1.165, 1.54) is 6.07 Å². The molecule has 1 heterocycles. The second-order valence-electron chi connectivity index (χ2n) is 6.05. The molecule has 0 aliphatic rings. The second kappa shape index (κ2) is 7.65. The zero-order chi connectivity index (χ0) is 18.5. The Morgan fingerprint density at radius 2 is 1.85 bits per heavy atom. The molecule has 1 unspecified atom stereocenters.